The van der Waals surface area contributed by atoms with Gasteiger partial charge in [-0.3, -0.25) is 19.0 Å². The van der Waals surface area contributed by atoms with Gasteiger partial charge in [0.2, 0.25) is 11.8 Å². The van der Waals surface area contributed by atoms with Gasteiger partial charge in [-0.15, -0.1) is 0 Å². The van der Waals surface area contributed by atoms with Crippen LogP contribution < -0.4 is 17.0 Å². The third-order valence-corrected chi connectivity index (χ3v) is 5.06. The fourth-order valence-electron chi connectivity index (χ4n) is 3.63. The molecule has 2 amide bonds. The van der Waals surface area contributed by atoms with Crippen LogP contribution in [0.15, 0.2) is 33.9 Å². The topological polar surface area (TPSA) is 118 Å². The van der Waals surface area contributed by atoms with Crippen LogP contribution in [0.1, 0.15) is 38.5 Å². The molecule has 1 fully saturated rings. The molecule has 0 saturated carbocycles. The molecule has 2 aromatic rings. The number of amides is 2. The summed E-state index contributed by atoms with van der Waals surface area (Å²) in [5.41, 5.74) is 5.15. The van der Waals surface area contributed by atoms with Crippen LogP contribution in [0, 0.1) is 0 Å². The van der Waals surface area contributed by atoms with Gasteiger partial charge in [0.05, 0.1) is 10.9 Å². The van der Waals surface area contributed by atoms with Gasteiger partial charge >= 0.3 is 5.69 Å². The predicted octanol–water partition coefficient (Wildman–Crippen LogP) is 0.726. The van der Waals surface area contributed by atoms with E-state index in [1.54, 1.807) is 29.2 Å². The summed E-state index contributed by atoms with van der Waals surface area (Å²) in [7, 11) is 0. The maximum Gasteiger partial charge on any atom is 0.328 e. The van der Waals surface area contributed by atoms with Crippen LogP contribution in [0.25, 0.3) is 10.9 Å². The number of rotatable bonds is 7. The first-order valence-corrected chi connectivity index (χ1v) is 9.29. The van der Waals surface area contributed by atoms with E-state index in [0.717, 1.165) is 6.42 Å². The van der Waals surface area contributed by atoms with Crippen molar-refractivity contribution in [3.8, 4) is 0 Å². The summed E-state index contributed by atoms with van der Waals surface area (Å²) in [6.45, 7) is 0.884. The summed E-state index contributed by atoms with van der Waals surface area (Å²) in [6, 6.07) is 6.43. The molecule has 1 aliphatic heterocycles. The number of para-hydroxylation sites is 1. The Morgan fingerprint density at radius 3 is 2.70 bits per heavy atom. The predicted molar refractivity (Wildman–Crippen MR) is 101 cm³/mol. The monoisotopic (exact) mass is 372 g/mol. The summed E-state index contributed by atoms with van der Waals surface area (Å²) in [5, 5.41) is 0.485. The summed E-state index contributed by atoms with van der Waals surface area (Å²) in [5.74, 6) is -0.507. The summed E-state index contributed by atoms with van der Waals surface area (Å²) in [4.78, 5) is 52.4. The van der Waals surface area contributed by atoms with Crippen molar-refractivity contribution in [1.82, 2.24) is 14.5 Å². The van der Waals surface area contributed by atoms with E-state index in [1.807, 2.05) is 0 Å². The van der Waals surface area contributed by atoms with E-state index in [0.29, 0.717) is 56.1 Å². The van der Waals surface area contributed by atoms with Crippen LogP contribution >= 0.6 is 0 Å². The van der Waals surface area contributed by atoms with E-state index < -0.39 is 17.6 Å². The molecule has 0 spiro atoms. The Balaban J connectivity index is 1.52. The summed E-state index contributed by atoms with van der Waals surface area (Å²) >= 11 is 0. The number of nitrogens with one attached hydrogen (secondary N) is 1. The van der Waals surface area contributed by atoms with Crippen molar-refractivity contribution in [1.29, 1.82) is 0 Å². The Morgan fingerprint density at radius 2 is 1.93 bits per heavy atom. The molecule has 144 valence electrons. The number of hydrogen-bond acceptors (Lipinski definition) is 4. The van der Waals surface area contributed by atoms with E-state index in [1.165, 1.54) is 4.57 Å². The molecule has 0 radical (unpaired) electrons. The largest absolute Gasteiger partial charge is 0.368 e. The number of benzene rings is 1. The highest BCUT2D eigenvalue weighted by molar-refractivity contribution is 5.87. The lowest BCUT2D eigenvalue weighted by molar-refractivity contribution is -0.137. The smallest absolute Gasteiger partial charge is 0.328 e. The van der Waals surface area contributed by atoms with Crippen LogP contribution in [0.2, 0.25) is 0 Å². The summed E-state index contributed by atoms with van der Waals surface area (Å²) < 4.78 is 1.20. The molecular formula is C19H24N4O4. The van der Waals surface area contributed by atoms with Crippen LogP contribution in [-0.2, 0) is 16.1 Å². The van der Waals surface area contributed by atoms with Crippen molar-refractivity contribution in [3.05, 3.63) is 45.1 Å². The number of unbranched alkanes of at least 4 members (excludes halogenated alkanes) is 2. The number of nitrogens with zero attached hydrogens (tertiary/aromatic N) is 2. The van der Waals surface area contributed by atoms with Crippen molar-refractivity contribution in [2.24, 2.45) is 5.73 Å². The van der Waals surface area contributed by atoms with Crippen LogP contribution in [0.4, 0.5) is 0 Å². The minimum absolute atomic E-state index is 0.0583. The van der Waals surface area contributed by atoms with Gasteiger partial charge in [-0.05, 0) is 37.8 Å². The van der Waals surface area contributed by atoms with Crippen molar-refractivity contribution >= 4 is 22.7 Å². The third-order valence-electron chi connectivity index (χ3n) is 5.06. The second kappa shape index (κ2) is 8.20. The highest BCUT2D eigenvalue weighted by atomic mass is 16.2. The Bertz CT molecular complexity index is 962. The van der Waals surface area contributed by atoms with E-state index >= 15 is 0 Å². The molecule has 1 unspecified atom stereocenters. The highest BCUT2D eigenvalue weighted by Gasteiger charge is 2.31. The van der Waals surface area contributed by atoms with Crippen molar-refractivity contribution < 1.29 is 9.59 Å². The zero-order valence-electron chi connectivity index (χ0n) is 15.1. The number of primary amides is 1. The highest BCUT2D eigenvalue weighted by Crippen LogP contribution is 2.18. The average molecular weight is 372 g/mol. The fraction of sp³-hybridized carbons (Fsp3) is 0.474. The van der Waals surface area contributed by atoms with Gasteiger partial charge in [0.15, 0.2) is 0 Å². The number of H-pyrrole nitrogens is 1. The minimum atomic E-state index is -0.479. The van der Waals surface area contributed by atoms with Gasteiger partial charge in [0, 0.05) is 19.5 Å². The summed E-state index contributed by atoms with van der Waals surface area (Å²) in [6.07, 6.45) is 3.74. The van der Waals surface area contributed by atoms with Crippen molar-refractivity contribution in [2.75, 3.05) is 6.54 Å². The molecule has 1 aromatic carbocycles. The normalized spacial score (nSPS) is 16.7. The molecular weight excluding hydrogens is 348 g/mol. The minimum Gasteiger partial charge on any atom is -0.368 e. The first-order valence-electron chi connectivity index (χ1n) is 9.29. The molecule has 2 heterocycles. The molecule has 3 N–H and O–H groups in total. The quantitative estimate of drug-likeness (QED) is 0.696. The van der Waals surface area contributed by atoms with Crippen molar-refractivity contribution in [3.63, 3.8) is 0 Å². The molecule has 27 heavy (non-hydrogen) atoms. The number of carbonyl (C=O) groups is 2. The van der Waals surface area contributed by atoms with Crippen LogP contribution in [0.3, 0.4) is 0 Å². The number of hydrogen-bond donors (Lipinski definition) is 2. The zero-order valence-corrected chi connectivity index (χ0v) is 15.1. The number of fused-ring (bicyclic) bond motifs is 1. The van der Waals surface area contributed by atoms with Gasteiger partial charge in [-0.1, -0.05) is 18.6 Å². The molecule has 1 saturated heterocycles. The Hall–Kier alpha value is -2.90. The fourth-order valence-corrected chi connectivity index (χ4v) is 3.63. The van der Waals surface area contributed by atoms with Crippen LogP contribution in [-0.4, -0.2) is 38.9 Å². The first-order chi connectivity index (χ1) is 13.0. The first kappa shape index (κ1) is 18.9. The van der Waals surface area contributed by atoms with Gasteiger partial charge in [-0.25, -0.2) is 4.79 Å². The van der Waals surface area contributed by atoms with Gasteiger partial charge < -0.3 is 15.6 Å². The Kier molecular flexibility index (Phi) is 5.73. The average Bonchev–Trinajstić information content (AvgIpc) is 3.14. The van der Waals surface area contributed by atoms with E-state index in [4.69, 9.17) is 5.73 Å². The second-order valence-corrected chi connectivity index (χ2v) is 6.89. The van der Waals surface area contributed by atoms with Gasteiger partial charge in [0.25, 0.3) is 5.56 Å². The van der Waals surface area contributed by atoms with Gasteiger partial charge in [0.1, 0.15) is 6.04 Å². The molecule has 8 nitrogen and oxygen atoms in total. The lowest BCUT2D eigenvalue weighted by Gasteiger charge is -2.22. The number of carbonyl (C=O) groups excluding carboxylic acids is 2. The molecule has 1 atom stereocenters. The Morgan fingerprint density at radius 1 is 1.15 bits per heavy atom. The van der Waals surface area contributed by atoms with Gasteiger partial charge in [-0.2, -0.15) is 0 Å². The molecule has 0 aliphatic carbocycles. The SMILES string of the molecule is NC(=O)C1CCCN1C(=O)CCCCCn1c(=O)[nH]c2ccccc2c1=O. The molecule has 8 heteroatoms. The Labute approximate surface area is 156 Å². The second-order valence-electron chi connectivity index (χ2n) is 6.89. The standard InChI is InChI=1S/C19H24N4O4/c20-17(25)15-9-6-12-22(15)16(24)10-2-1-5-11-23-18(26)13-7-3-4-8-14(13)21-19(23)27/h3-4,7-8,15H,1-2,5-6,9-12H2,(H2,20,25)(H,21,27). The number of aromatic amines is 1. The number of aromatic nitrogens is 2. The van der Waals surface area contributed by atoms with Crippen molar-refractivity contribution in [2.45, 2.75) is 51.1 Å². The van der Waals surface area contributed by atoms with Crippen LogP contribution in [0.5, 0.6) is 0 Å². The maximum absolute atomic E-state index is 12.4. The number of likely N-dealkylation sites (tertiary alicyclic amines) is 1. The molecule has 1 aliphatic rings. The molecule has 1 aromatic heterocycles. The van der Waals surface area contributed by atoms with E-state index in [9.17, 15) is 19.2 Å². The maximum atomic E-state index is 12.4. The third kappa shape index (κ3) is 4.10. The number of nitrogens with two attached hydrogens (primary N) is 1. The zero-order chi connectivity index (χ0) is 19.4. The van der Waals surface area contributed by atoms with E-state index in [2.05, 4.69) is 4.98 Å². The molecule has 3 rings (SSSR count). The molecule has 0 bridgehead atoms. The van der Waals surface area contributed by atoms with E-state index in [-0.39, 0.29) is 11.5 Å². The lowest BCUT2D eigenvalue weighted by atomic mass is 10.1. The lowest BCUT2D eigenvalue weighted by Crippen LogP contribution is -2.43.